The van der Waals surface area contributed by atoms with E-state index in [-0.39, 0.29) is 43.3 Å². The molecule has 1 N–H and O–H groups in total. The molecule has 0 spiro atoms. The van der Waals surface area contributed by atoms with Crippen LogP contribution in [0.5, 0.6) is 11.5 Å². The molecule has 0 aliphatic carbocycles. The van der Waals surface area contributed by atoms with Gasteiger partial charge in [0.05, 0.1) is 13.7 Å². The van der Waals surface area contributed by atoms with Crippen LogP contribution in [0.25, 0.3) is 0 Å². The lowest BCUT2D eigenvalue weighted by Crippen LogP contribution is -2.13. The Morgan fingerprint density at radius 3 is 2.59 bits per heavy atom. The molecule has 1 heterocycles. The highest BCUT2D eigenvalue weighted by Crippen LogP contribution is 2.42. The number of cyclic esters (lactones) is 1. The predicted molar refractivity (Wildman–Crippen MR) is 116 cm³/mol. The van der Waals surface area contributed by atoms with Crippen molar-refractivity contribution in [1.82, 2.24) is 0 Å². The second-order valence-corrected chi connectivity index (χ2v) is 7.61. The van der Waals surface area contributed by atoms with Gasteiger partial charge in [-0.3, -0.25) is 9.59 Å². The molecule has 32 heavy (non-hydrogen) atoms. The van der Waals surface area contributed by atoms with Crippen LogP contribution in [-0.2, 0) is 36.8 Å². The highest BCUT2D eigenvalue weighted by molar-refractivity contribution is 5.98. The first-order valence-electron chi connectivity index (χ1n) is 10.4. The number of ether oxygens (including phenoxy) is 4. The lowest BCUT2D eigenvalue weighted by Gasteiger charge is -2.15. The van der Waals surface area contributed by atoms with Crippen LogP contribution in [-0.4, -0.2) is 42.8 Å². The third-order valence-corrected chi connectivity index (χ3v) is 5.11. The number of benzene rings is 1. The predicted octanol–water partition coefficient (Wildman–Crippen LogP) is 3.55. The van der Waals surface area contributed by atoms with Crippen LogP contribution in [0.15, 0.2) is 11.6 Å². The molecule has 0 aromatic heterocycles. The van der Waals surface area contributed by atoms with Crippen molar-refractivity contribution in [3.63, 3.8) is 0 Å². The first-order valence-corrected chi connectivity index (χ1v) is 10.4. The van der Waals surface area contributed by atoms with Gasteiger partial charge in [0.2, 0.25) is 0 Å². The zero-order valence-electron chi connectivity index (χ0n) is 18.8. The molecule has 8 nitrogen and oxygen atoms in total. The molecule has 1 aromatic rings. The van der Waals surface area contributed by atoms with Gasteiger partial charge in [-0.05, 0) is 52.5 Å². The van der Waals surface area contributed by atoms with E-state index in [1.165, 1.54) is 7.11 Å². The number of phenolic OH excluding ortho intramolecular Hbond substituents is 1. The maximum Gasteiger partial charge on any atom is 0.342 e. The Morgan fingerprint density at radius 2 is 1.94 bits per heavy atom. The van der Waals surface area contributed by atoms with E-state index in [4.69, 9.17) is 18.9 Å². The molecule has 0 saturated heterocycles. The van der Waals surface area contributed by atoms with Crippen molar-refractivity contribution in [3.8, 4) is 11.5 Å². The number of carbonyl (C=O) groups excluding carboxylic acids is 3. The molecule has 8 heteroatoms. The molecule has 0 atom stereocenters. The summed E-state index contributed by atoms with van der Waals surface area (Å²) in [6.45, 7) is 10.9. The quantitative estimate of drug-likeness (QED) is 0.238. The number of allylic oxidation sites excluding steroid dienone is 2. The Kier molecular flexibility index (Phi) is 9.11. The average molecular weight is 446 g/mol. The monoisotopic (exact) mass is 446 g/mol. The fourth-order valence-electron chi connectivity index (χ4n) is 3.43. The molecule has 0 bridgehead atoms. The van der Waals surface area contributed by atoms with Gasteiger partial charge in [-0.1, -0.05) is 11.6 Å². The molecule has 0 amide bonds. The van der Waals surface area contributed by atoms with E-state index >= 15 is 0 Å². The summed E-state index contributed by atoms with van der Waals surface area (Å²) in [6.07, 6.45) is 2.71. The first-order chi connectivity index (χ1) is 15.1. The van der Waals surface area contributed by atoms with Gasteiger partial charge in [-0.2, -0.15) is 0 Å². The van der Waals surface area contributed by atoms with Gasteiger partial charge in [0.15, 0.2) is 0 Å². The number of hydrogen-bond donors (Lipinski definition) is 1. The standard InChI is InChI=1S/C24H30O8/c1-14(2)32-20(26)7-6-12-30-19(25)11-9-15(3)8-10-17-22(27)21-18(13-31-24(21)28)16(4)23(17)29-5/h8,14,27H,1-2,6-7,9-13H2,3-5H3/b15-8+. The minimum atomic E-state index is -0.656. The molecule has 1 aliphatic rings. The van der Waals surface area contributed by atoms with E-state index in [0.29, 0.717) is 36.1 Å². The Morgan fingerprint density at radius 1 is 1.22 bits per heavy atom. The van der Waals surface area contributed by atoms with Crippen molar-refractivity contribution >= 4 is 17.9 Å². The third kappa shape index (κ3) is 6.48. The normalized spacial score (nSPS) is 13.1. The number of rotatable bonds is 11. The summed E-state index contributed by atoms with van der Waals surface area (Å²) in [5.41, 5.74) is 3.02. The summed E-state index contributed by atoms with van der Waals surface area (Å²) in [6, 6.07) is 0. The fraction of sp³-hybridized carbons (Fsp3) is 0.458. The smallest absolute Gasteiger partial charge is 0.342 e. The largest absolute Gasteiger partial charge is 0.507 e. The molecule has 2 radical (unpaired) electrons. The minimum Gasteiger partial charge on any atom is -0.507 e. The summed E-state index contributed by atoms with van der Waals surface area (Å²) in [5, 5.41) is 10.6. The molecule has 0 fully saturated rings. The maximum atomic E-state index is 12.0. The molecular formula is C24H30O8. The molecule has 1 aromatic carbocycles. The number of carbonyl (C=O) groups is 3. The highest BCUT2D eigenvalue weighted by Gasteiger charge is 2.31. The zero-order chi connectivity index (χ0) is 23.8. The van der Waals surface area contributed by atoms with E-state index in [9.17, 15) is 19.5 Å². The molecular weight excluding hydrogens is 416 g/mol. The van der Waals surface area contributed by atoms with Gasteiger partial charge >= 0.3 is 17.9 Å². The Balaban J connectivity index is 1.88. The third-order valence-electron chi connectivity index (χ3n) is 5.11. The van der Waals surface area contributed by atoms with Crippen LogP contribution in [0.1, 0.15) is 59.7 Å². The van der Waals surface area contributed by atoms with Gasteiger partial charge in [0.25, 0.3) is 0 Å². The molecule has 2 rings (SSSR count). The van der Waals surface area contributed by atoms with E-state index in [1.807, 2.05) is 19.9 Å². The van der Waals surface area contributed by atoms with Crippen molar-refractivity contribution in [1.29, 1.82) is 0 Å². The van der Waals surface area contributed by atoms with E-state index in [0.717, 1.165) is 11.1 Å². The average Bonchev–Trinajstić information content (AvgIpc) is 3.12. The van der Waals surface area contributed by atoms with E-state index in [2.05, 4.69) is 13.8 Å². The van der Waals surface area contributed by atoms with Crippen molar-refractivity contribution in [2.45, 2.75) is 58.7 Å². The summed E-state index contributed by atoms with van der Waals surface area (Å²) < 4.78 is 20.4. The minimum absolute atomic E-state index is 0.120. The number of aromatic hydroxyl groups is 1. The number of phenols is 1. The Bertz CT molecular complexity index is 898. The summed E-state index contributed by atoms with van der Waals surface area (Å²) in [4.78, 5) is 35.3. The zero-order valence-corrected chi connectivity index (χ0v) is 18.8. The summed E-state index contributed by atoms with van der Waals surface area (Å²) in [5.74, 6) is -0.946. The van der Waals surface area contributed by atoms with Crippen LogP contribution in [0.4, 0.5) is 0 Å². The van der Waals surface area contributed by atoms with Crippen molar-refractivity contribution in [2.24, 2.45) is 0 Å². The van der Waals surface area contributed by atoms with Crippen molar-refractivity contribution < 1.29 is 38.4 Å². The Labute approximate surface area is 188 Å². The van der Waals surface area contributed by atoms with Gasteiger partial charge < -0.3 is 24.1 Å². The first kappa shape index (κ1) is 25.2. The van der Waals surface area contributed by atoms with Crippen molar-refractivity contribution in [2.75, 3.05) is 13.7 Å². The summed E-state index contributed by atoms with van der Waals surface area (Å²) in [7, 11) is 1.51. The topological polar surface area (TPSA) is 108 Å². The fourth-order valence-corrected chi connectivity index (χ4v) is 3.43. The molecule has 174 valence electrons. The number of esters is 3. The van der Waals surface area contributed by atoms with Gasteiger partial charge in [0, 0.05) is 24.0 Å². The van der Waals surface area contributed by atoms with Crippen LogP contribution < -0.4 is 4.74 Å². The SMILES string of the molecule is [CH2]C([CH2])OC(=O)CCCOC(=O)CC/C(C)=C/Cc1c(O)c2c(c(C)c1OC)COC2=O. The Hall–Kier alpha value is -3.03. The van der Waals surface area contributed by atoms with E-state index < -0.39 is 18.0 Å². The number of fused-ring (bicyclic) bond motifs is 1. The van der Waals surface area contributed by atoms with Gasteiger partial charge in [-0.25, -0.2) is 4.79 Å². The number of methoxy groups -OCH3 is 1. The second-order valence-electron chi connectivity index (χ2n) is 7.61. The van der Waals surface area contributed by atoms with Crippen LogP contribution >= 0.6 is 0 Å². The van der Waals surface area contributed by atoms with Gasteiger partial charge in [0.1, 0.15) is 29.8 Å². The molecule has 0 saturated carbocycles. The second kappa shape index (κ2) is 11.5. The van der Waals surface area contributed by atoms with Crippen LogP contribution in [0.3, 0.4) is 0 Å². The maximum absolute atomic E-state index is 12.0. The van der Waals surface area contributed by atoms with Crippen molar-refractivity contribution in [3.05, 3.63) is 47.8 Å². The van der Waals surface area contributed by atoms with E-state index in [1.54, 1.807) is 0 Å². The summed E-state index contributed by atoms with van der Waals surface area (Å²) >= 11 is 0. The lowest BCUT2D eigenvalue weighted by molar-refractivity contribution is -0.148. The number of hydrogen-bond acceptors (Lipinski definition) is 8. The lowest BCUT2D eigenvalue weighted by atomic mass is 9.94. The highest BCUT2D eigenvalue weighted by atomic mass is 16.5. The van der Waals surface area contributed by atoms with Gasteiger partial charge in [-0.15, -0.1) is 0 Å². The molecule has 0 unspecified atom stereocenters. The van der Waals surface area contributed by atoms with Crippen LogP contribution in [0, 0.1) is 20.8 Å². The van der Waals surface area contributed by atoms with Crippen LogP contribution in [0.2, 0.25) is 0 Å². The molecule has 1 aliphatic heterocycles.